The van der Waals surface area contributed by atoms with Crippen molar-refractivity contribution in [1.29, 1.82) is 0 Å². The number of ether oxygens (including phenoxy) is 2. The van der Waals surface area contributed by atoms with Gasteiger partial charge in [-0.15, -0.1) is 0 Å². The largest absolute Gasteiger partial charge is 0.492 e. The minimum Gasteiger partial charge on any atom is -0.492 e. The maximum absolute atomic E-state index is 12.0. The van der Waals surface area contributed by atoms with E-state index in [0.29, 0.717) is 26.1 Å². The van der Waals surface area contributed by atoms with Gasteiger partial charge in [-0.2, -0.15) is 0 Å². The maximum atomic E-state index is 12.0. The summed E-state index contributed by atoms with van der Waals surface area (Å²) in [5.74, 6) is 0.347. The summed E-state index contributed by atoms with van der Waals surface area (Å²) in [6.45, 7) is 9.26. The third-order valence-electron chi connectivity index (χ3n) is 4.40. The number of hydrogen-bond acceptors (Lipinski definition) is 4. The summed E-state index contributed by atoms with van der Waals surface area (Å²) in [6, 6.07) is 7.49. The van der Waals surface area contributed by atoms with Gasteiger partial charge in [-0.25, -0.2) is 0 Å². The number of rotatable bonds is 9. The number of amides is 2. The van der Waals surface area contributed by atoms with E-state index >= 15 is 0 Å². The second-order valence-corrected chi connectivity index (χ2v) is 6.90. The number of benzene rings is 1. The third-order valence-corrected chi connectivity index (χ3v) is 4.40. The van der Waals surface area contributed by atoms with Crippen LogP contribution in [0.15, 0.2) is 35.4 Å². The van der Waals surface area contributed by atoms with Gasteiger partial charge in [0.15, 0.2) is 0 Å². The average Bonchev–Trinajstić information content (AvgIpc) is 2.82. The molecule has 0 aliphatic carbocycles. The summed E-state index contributed by atoms with van der Waals surface area (Å²) in [7, 11) is 0. The standard InChI is InChI=1S/C20H28N2O4/c1-13(2)26-18(19(21)23)11-16-5-7-17(8-6-16)25-10-9-22-12-14(3)15(4)20(22)24/h5-8,13,18H,9-12H2,1-4H3,(H2,21,23). The van der Waals surface area contributed by atoms with Crippen LogP contribution < -0.4 is 10.5 Å². The molecular formula is C20H28N2O4. The summed E-state index contributed by atoms with van der Waals surface area (Å²) in [4.78, 5) is 25.3. The van der Waals surface area contributed by atoms with Gasteiger partial charge in [0, 0.05) is 18.5 Å². The number of primary amides is 1. The van der Waals surface area contributed by atoms with E-state index in [1.807, 2.05) is 52.0 Å². The molecule has 0 bridgehead atoms. The van der Waals surface area contributed by atoms with Crippen molar-refractivity contribution in [2.45, 2.75) is 46.3 Å². The van der Waals surface area contributed by atoms with Gasteiger partial charge >= 0.3 is 0 Å². The summed E-state index contributed by atoms with van der Waals surface area (Å²) < 4.78 is 11.3. The number of nitrogens with two attached hydrogens (primary N) is 1. The van der Waals surface area contributed by atoms with Gasteiger partial charge < -0.3 is 20.1 Å². The Kier molecular flexibility index (Phi) is 6.80. The molecule has 26 heavy (non-hydrogen) atoms. The summed E-state index contributed by atoms with van der Waals surface area (Å²) >= 11 is 0. The molecule has 0 radical (unpaired) electrons. The van der Waals surface area contributed by atoms with Crippen LogP contribution in [0.5, 0.6) is 5.75 Å². The van der Waals surface area contributed by atoms with Crippen LogP contribution in [0.1, 0.15) is 33.3 Å². The Morgan fingerprint density at radius 3 is 2.38 bits per heavy atom. The van der Waals surface area contributed by atoms with E-state index in [-0.39, 0.29) is 12.0 Å². The zero-order chi connectivity index (χ0) is 19.3. The molecule has 0 aromatic heterocycles. The molecule has 1 aromatic carbocycles. The Bertz CT molecular complexity index is 680. The van der Waals surface area contributed by atoms with Crippen molar-refractivity contribution in [2.75, 3.05) is 19.7 Å². The maximum Gasteiger partial charge on any atom is 0.249 e. The Morgan fingerprint density at radius 2 is 1.88 bits per heavy atom. The van der Waals surface area contributed by atoms with Gasteiger partial charge in [0.25, 0.3) is 0 Å². The molecule has 0 saturated heterocycles. The van der Waals surface area contributed by atoms with Crippen LogP contribution in [0.3, 0.4) is 0 Å². The van der Waals surface area contributed by atoms with Crippen LogP contribution in [0.25, 0.3) is 0 Å². The zero-order valence-electron chi connectivity index (χ0n) is 16.0. The molecule has 1 heterocycles. The van der Waals surface area contributed by atoms with Crippen molar-refractivity contribution in [2.24, 2.45) is 5.73 Å². The molecule has 6 nitrogen and oxygen atoms in total. The van der Waals surface area contributed by atoms with Gasteiger partial charge in [0.1, 0.15) is 18.5 Å². The molecule has 0 spiro atoms. The lowest BCUT2D eigenvalue weighted by Gasteiger charge is -2.18. The smallest absolute Gasteiger partial charge is 0.249 e. The molecule has 1 aliphatic rings. The molecule has 2 rings (SSSR count). The summed E-state index contributed by atoms with van der Waals surface area (Å²) in [5, 5.41) is 0. The lowest BCUT2D eigenvalue weighted by molar-refractivity contribution is -0.132. The number of carbonyl (C=O) groups is 2. The third kappa shape index (κ3) is 5.33. The van der Waals surface area contributed by atoms with E-state index in [4.69, 9.17) is 15.2 Å². The molecule has 0 saturated carbocycles. The number of nitrogens with zero attached hydrogens (tertiary/aromatic N) is 1. The molecular weight excluding hydrogens is 332 g/mol. The van der Waals surface area contributed by atoms with Crippen LogP contribution in [0, 0.1) is 0 Å². The Morgan fingerprint density at radius 1 is 1.23 bits per heavy atom. The van der Waals surface area contributed by atoms with E-state index in [9.17, 15) is 9.59 Å². The predicted octanol–water partition coefficient (Wildman–Crippen LogP) is 2.07. The van der Waals surface area contributed by atoms with Crippen molar-refractivity contribution in [3.8, 4) is 5.75 Å². The van der Waals surface area contributed by atoms with Crippen LogP contribution in [-0.2, 0) is 20.7 Å². The van der Waals surface area contributed by atoms with Gasteiger partial charge in [0.2, 0.25) is 11.8 Å². The molecule has 142 valence electrons. The van der Waals surface area contributed by atoms with Crippen LogP contribution in [0.4, 0.5) is 0 Å². The molecule has 1 unspecified atom stereocenters. The molecule has 2 amide bonds. The fraction of sp³-hybridized carbons (Fsp3) is 0.500. The fourth-order valence-electron chi connectivity index (χ4n) is 2.83. The van der Waals surface area contributed by atoms with Crippen molar-refractivity contribution >= 4 is 11.8 Å². The molecule has 1 atom stereocenters. The van der Waals surface area contributed by atoms with Crippen molar-refractivity contribution in [3.05, 3.63) is 41.0 Å². The number of carbonyl (C=O) groups excluding carboxylic acids is 2. The van der Waals surface area contributed by atoms with Crippen LogP contribution in [-0.4, -0.2) is 48.6 Å². The van der Waals surface area contributed by atoms with Crippen LogP contribution >= 0.6 is 0 Å². The highest BCUT2D eigenvalue weighted by atomic mass is 16.5. The van der Waals surface area contributed by atoms with E-state index in [0.717, 1.165) is 22.5 Å². The first kappa shape index (κ1) is 20.0. The minimum atomic E-state index is -0.637. The highest BCUT2D eigenvalue weighted by Gasteiger charge is 2.24. The van der Waals surface area contributed by atoms with Gasteiger partial charge in [-0.1, -0.05) is 12.1 Å². The first-order valence-corrected chi connectivity index (χ1v) is 8.90. The van der Waals surface area contributed by atoms with E-state index in [1.165, 1.54) is 0 Å². The van der Waals surface area contributed by atoms with E-state index in [1.54, 1.807) is 4.90 Å². The molecule has 1 aromatic rings. The topological polar surface area (TPSA) is 81.9 Å². The Hall–Kier alpha value is -2.34. The predicted molar refractivity (Wildman–Crippen MR) is 99.8 cm³/mol. The molecule has 6 heteroatoms. The average molecular weight is 360 g/mol. The lowest BCUT2D eigenvalue weighted by Crippen LogP contribution is -2.35. The second kappa shape index (κ2) is 8.85. The Labute approximate surface area is 154 Å². The first-order valence-electron chi connectivity index (χ1n) is 8.90. The minimum absolute atomic E-state index is 0.0647. The molecule has 0 fully saturated rings. The summed E-state index contributed by atoms with van der Waals surface area (Å²) in [6.07, 6.45) is -0.271. The SMILES string of the molecule is CC1=C(C)C(=O)N(CCOc2ccc(CC(OC(C)C)C(N)=O)cc2)C1. The van der Waals surface area contributed by atoms with Crippen molar-refractivity contribution in [3.63, 3.8) is 0 Å². The zero-order valence-corrected chi connectivity index (χ0v) is 16.0. The van der Waals surface area contributed by atoms with Gasteiger partial charge in [-0.3, -0.25) is 9.59 Å². The highest BCUT2D eigenvalue weighted by Crippen LogP contribution is 2.18. The normalized spacial score (nSPS) is 15.7. The summed E-state index contributed by atoms with van der Waals surface area (Å²) in [5.41, 5.74) is 8.30. The monoisotopic (exact) mass is 360 g/mol. The number of hydrogen-bond donors (Lipinski definition) is 1. The van der Waals surface area contributed by atoms with E-state index in [2.05, 4.69) is 0 Å². The molecule has 1 aliphatic heterocycles. The molecule has 2 N–H and O–H groups in total. The van der Waals surface area contributed by atoms with Gasteiger partial charge in [-0.05, 0) is 51.0 Å². The first-order chi connectivity index (χ1) is 12.3. The fourth-order valence-corrected chi connectivity index (χ4v) is 2.83. The van der Waals surface area contributed by atoms with E-state index < -0.39 is 12.0 Å². The Balaban J connectivity index is 1.82. The lowest BCUT2D eigenvalue weighted by atomic mass is 10.1. The van der Waals surface area contributed by atoms with Gasteiger partial charge in [0.05, 0.1) is 12.6 Å². The van der Waals surface area contributed by atoms with Crippen molar-refractivity contribution in [1.82, 2.24) is 4.90 Å². The van der Waals surface area contributed by atoms with Crippen molar-refractivity contribution < 1.29 is 19.1 Å². The quantitative estimate of drug-likeness (QED) is 0.731. The highest BCUT2D eigenvalue weighted by molar-refractivity contribution is 5.96. The second-order valence-electron chi connectivity index (χ2n) is 6.90. The van der Waals surface area contributed by atoms with Crippen LogP contribution in [0.2, 0.25) is 0 Å².